The van der Waals surface area contributed by atoms with Crippen molar-refractivity contribution in [3.63, 3.8) is 0 Å². The largest absolute Gasteiger partial charge is 0.340 e. The average molecular weight is 315 g/mol. The molecule has 1 saturated heterocycles. The van der Waals surface area contributed by atoms with Crippen molar-refractivity contribution in [1.29, 1.82) is 0 Å². The molecule has 6 heteroatoms. The van der Waals surface area contributed by atoms with E-state index in [2.05, 4.69) is 0 Å². The van der Waals surface area contributed by atoms with Crippen molar-refractivity contribution in [3.8, 4) is 0 Å². The Morgan fingerprint density at radius 1 is 1.33 bits per heavy atom. The lowest BCUT2D eigenvalue weighted by molar-refractivity contribution is -0.129. The topological polar surface area (TPSA) is 46.3 Å². The molecule has 0 bridgehead atoms. The first kappa shape index (κ1) is 14.7. The number of carbonyl (C=O) groups is 1. The van der Waals surface area contributed by atoms with E-state index in [-0.39, 0.29) is 29.0 Å². The maximum absolute atomic E-state index is 13.8. The molecule has 1 heterocycles. The van der Waals surface area contributed by atoms with Gasteiger partial charge in [0, 0.05) is 24.7 Å². The number of nitrogens with zero attached hydrogens (tertiary/aromatic N) is 1. The molecule has 0 spiro atoms. The monoisotopic (exact) mass is 314 g/mol. The minimum Gasteiger partial charge on any atom is -0.340 e. The first-order valence-corrected chi connectivity index (χ1v) is 7.51. The van der Waals surface area contributed by atoms with Gasteiger partial charge in [0.25, 0.3) is 0 Å². The third kappa shape index (κ3) is 2.90. The number of hydrogen-bond donors (Lipinski definition) is 1. The van der Waals surface area contributed by atoms with Gasteiger partial charge in [-0.05, 0) is 36.8 Å². The highest BCUT2D eigenvalue weighted by Crippen LogP contribution is 2.41. The van der Waals surface area contributed by atoms with Gasteiger partial charge in [0.2, 0.25) is 5.91 Å². The SMILES string of the molecule is NC1CN(C(=O)Cc2c(F)ccc(Cl)c2F)CC1C1CC1. The summed E-state index contributed by atoms with van der Waals surface area (Å²) in [6.45, 7) is 1.05. The van der Waals surface area contributed by atoms with E-state index in [9.17, 15) is 13.6 Å². The summed E-state index contributed by atoms with van der Waals surface area (Å²) in [6.07, 6.45) is 2.01. The molecule has 2 aliphatic rings. The van der Waals surface area contributed by atoms with E-state index in [1.807, 2.05) is 0 Å². The molecule has 3 rings (SSSR count). The zero-order valence-electron chi connectivity index (χ0n) is 11.5. The van der Waals surface area contributed by atoms with E-state index in [1.165, 1.54) is 0 Å². The second-order valence-electron chi connectivity index (χ2n) is 5.96. The Labute approximate surface area is 127 Å². The number of halogens is 3. The fourth-order valence-electron chi connectivity index (χ4n) is 3.08. The summed E-state index contributed by atoms with van der Waals surface area (Å²) in [5.41, 5.74) is 5.79. The van der Waals surface area contributed by atoms with Crippen molar-refractivity contribution in [2.24, 2.45) is 17.6 Å². The van der Waals surface area contributed by atoms with Gasteiger partial charge in [-0.2, -0.15) is 0 Å². The van der Waals surface area contributed by atoms with Crippen LogP contribution in [0.15, 0.2) is 12.1 Å². The molecule has 1 saturated carbocycles. The summed E-state index contributed by atoms with van der Waals surface area (Å²) in [7, 11) is 0. The molecule has 1 aliphatic heterocycles. The van der Waals surface area contributed by atoms with Crippen LogP contribution in [-0.2, 0) is 11.2 Å². The van der Waals surface area contributed by atoms with Crippen molar-refractivity contribution in [2.45, 2.75) is 25.3 Å². The summed E-state index contributed by atoms with van der Waals surface area (Å²) in [5, 5.41) is -0.173. The highest BCUT2D eigenvalue weighted by atomic mass is 35.5. The van der Waals surface area contributed by atoms with Crippen LogP contribution in [0.4, 0.5) is 8.78 Å². The summed E-state index contributed by atoms with van der Waals surface area (Å²) < 4.78 is 27.5. The van der Waals surface area contributed by atoms with E-state index < -0.39 is 11.6 Å². The van der Waals surface area contributed by atoms with Crippen molar-refractivity contribution in [2.75, 3.05) is 13.1 Å². The lowest BCUT2D eigenvalue weighted by atomic mass is 9.99. The molecule has 21 heavy (non-hydrogen) atoms. The molecule has 2 atom stereocenters. The summed E-state index contributed by atoms with van der Waals surface area (Å²) in [4.78, 5) is 13.9. The predicted molar refractivity (Wildman–Crippen MR) is 75.8 cm³/mol. The molecule has 0 radical (unpaired) electrons. The zero-order chi connectivity index (χ0) is 15.1. The normalized spacial score (nSPS) is 25.4. The van der Waals surface area contributed by atoms with Crippen LogP contribution in [0.3, 0.4) is 0 Å². The molecule has 1 amide bonds. The van der Waals surface area contributed by atoms with Gasteiger partial charge in [-0.3, -0.25) is 4.79 Å². The number of amides is 1. The van der Waals surface area contributed by atoms with Gasteiger partial charge in [-0.1, -0.05) is 11.6 Å². The van der Waals surface area contributed by atoms with Gasteiger partial charge < -0.3 is 10.6 Å². The maximum Gasteiger partial charge on any atom is 0.227 e. The first-order valence-electron chi connectivity index (χ1n) is 7.13. The Morgan fingerprint density at radius 3 is 2.71 bits per heavy atom. The van der Waals surface area contributed by atoms with Crippen LogP contribution in [0.1, 0.15) is 18.4 Å². The molecule has 1 aromatic rings. The molecule has 3 nitrogen and oxygen atoms in total. The number of benzene rings is 1. The van der Waals surface area contributed by atoms with Gasteiger partial charge in [-0.15, -0.1) is 0 Å². The van der Waals surface area contributed by atoms with Crippen LogP contribution in [-0.4, -0.2) is 29.9 Å². The van der Waals surface area contributed by atoms with Crippen LogP contribution < -0.4 is 5.73 Å². The molecule has 1 aliphatic carbocycles. The van der Waals surface area contributed by atoms with Gasteiger partial charge in [0.15, 0.2) is 0 Å². The Bertz CT molecular complexity index is 577. The van der Waals surface area contributed by atoms with E-state index in [1.54, 1.807) is 4.90 Å². The van der Waals surface area contributed by atoms with Crippen molar-refractivity contribution in [1.82, 2.24) is 4.90 Å². The van der Waals surface area contributed by atoms with Crippen LogP contribution in [0.5, 0.6) is 0 Å². The molecule has 0 aromatic heterocycles. The Balaban J connectivity index is 1.71. The Hall–Kier alpha value is -1.20. The molecule has 2 unspecified atom stereocenters. The number of rotatable bonds is 3. The molecular formula is C15H17ClF2N2O. The van der Waals surface area contributed by atoms with Gasteiger partial charge >= 0.3 is 0 Å². The second-order valence-corrected chi connectivity index (χ2v) is 6.37. The van der Waals surface area contributed by atoms with Crippen molar-refractivity contribution in [3.05, 3.63) is 34.4 Å². The average Bonchev–Trinajstić information content (AvgIpc) is 3.22. The van der Waals surface area contributed by atoms with Crippen LogP contribution in [0.2, 0.25) is 5.02 Å². The maximum atomic E-state index is 13.8. The summed E-state index contributed by atoms with van der Waals surface area (Å²) in [5.74, 6) is -0.964. The van der Waals surface area contributed by atoms with Crippen LogP contribution in [0, 0.1) is 23.5 Å². The quantitative estimate of drug-likeness (QED) is 0.871. The highest BCUT2D eigenvalue weighted by molar-refractivity contribution is 6.30. The molecule has 2 N–H and O–H groups in total. The number of hydrogen-bond acceptors (Lipinski definition) is 2. The minimum atomic E-state index is -0.854. The number of nitrogens with two attached hydrogens (primary N) is 1. The fraction of sp³-hybridized carbons (Fsp3) is 0.533. The van der Waals surface area contributed by atoms with E-state index in [4.69, 9.17) is 17.3 Å². The Morgan fingerprint density at radius 2 is 2.05 bits per heavy atom. The zero-order valence-corrected chi connectivity index (χ0v) is 12.2. The lowest BCUT2D eigenvalue weighted by Crippen LogP contribution is -2.33. The first-order chi connectivity index (χ1) is 9.97. The Kier molecular flexibility index (Phi) is 3.88. The molecule has 2 fully saturated rings. The summed E-state index contributed by atoms with van der Waals surface area (Å²) >= 11 is 5.64. The van der Waals surface area contributed by atoms with Gasteiger partial charge in [-0.25, -0.2) is 8.78 Å². The summed E-state index contributed by atoms with van der Waals surface area (Å²) in [6, 6.07) is 2.20. The third-order valence-corrected chi connectivity index (χ3v) is 4.75. The van der Waals surface area contributed by atoms with Crippen molar-refractivity contribution >= 4 is 17.5 Å². The number of carbonyl (C=O) groups excluding carboxylic acids is 1. The van der Waals surface area contributed by atoms with E-state index in [0.717, 1.165) is 25.0 Å². The smallest absolute Gasteiger partial charge is 0.227 e. The molecule has 1 aromatic carbocycles. The second kappa shape index (κ2) is 5.54. The van der Waals surface area contributed by atoms with E-state index >= 15 is 0 Å². The third-order valence-electron chi connectivity index (χ3n) is 4.46. The fourth-order valence-corrected chi connectivity index (χ4v) is 3.25. The van der Waals surface area contributed by atoms with Crippen LogP contribution >= 0.6 is 11.6 Å². The molecular weight excluding hydrogens is 298 g/mol. The standard InChI is InChI=1S/C15H17ClF2N2O/c16-11-3-4-12(17)9(15(11)18)5-14(21)20-6-10(8-1-2-8)13(19)7-20/h3-4,8,10,13H,1-2,5-7,19H2. The minimum absolute atomic E-state index is 0.0319. The highest BCUT2D eigenvalue weighted by Gasteiger charge is 2.42. The predicted octanol–water partition coefficient (Wildman–Crippen LogP) is 2.36. The molecule has 114 valence electrons. The van der Waals surface area contributed by atoms with E-state index in [0.29, 0.717) is 24.9 Å². The lowest BCUT2D eigenvalue weighted by Gasteiger charge is -2.17. The number of likely N-dealkylation sites (tertiary alicyclic amines) is 1. The van der Waals surface area contributed by atoms with Gasteiger partial charge in [0.05, 0.1) is 11.4 Å². The van der Waals surface area contributed by atoms with Crippen LogP contribution in [0.25, 0.3) is 0 Å². The van der Waals surface area contributed by atoms with Gasteiger partial charge in [0.1, 0.15) is 11.6 Å². The van der Waals surface area contributed by atoms with Crippen molar-refractivity contribution < 1.29 is 13.6 Å².